The first kappa shape index (κ1) is 18.5. The average molecular weight is 378 g/mol. The number of hydrogen-bond donors (Lipinski definition) is 1. The van der Waals surface area contributed by atoms with Gasteiger partial charge in [0.1, 0.15) is 5.82 Å². The maximum Gasteiger partial charge on any atom is 0.326 e. The Morgan fingerprint density at radius 1 is 1.07 bits per heavy atom. The molecule has 0 spiro atoms. The van der Waals surface area contributed by atoms with Crippen molar-refractivity contribution in [3.63, 3.8) is 0 Å². The second-order valence-electron chi connectivity index (χ2n) is 7.50. The van der Waals surface area contributed by atoms with E-state index in [9.17, 15) is 9.59 Å². The van der Waals surface area contributed by atoms with E-state index >= 15 is 0 Å². The van der Waals surface area contributed by atoms with Gasteiger partial charge in [-0.15, -0.1) is 0 Å². The van der Waals surface area contributed by atoms with E-state index in [-0.39, 0.29) is 11.9 Å². The zero-order chi connectivity index (χ0) is 19.3. The molecule has 2 fully saturated rings. The SMILES string of the molecule is O=C(CCc1ccccc1)Nc1ccc(N2CCN(C3CCCC3)C2=O)nc1. The molecule has 0 atom stereocenters. The van der Waals surface area contributed by atoms with Gasteiger partial charge in [-0.3, -0.25) is 9.69 Å². The average Bonchev–Trinajstić information content (AvgIpc) is 3.37. The maximum absolute atomic E-state index is 12.7. The molecule has 28 heavy (non-hydrogen) atoms. The van der Waals surface area contributed by atoms with Crippen molar-refractivity contribution in [2.24, 2.45) is 0 Å². The Morgan fingerprint density at radius 2 is 1.86 bits per heavy atom. The molecule has 6 heteroatoms. The van der Waals surface area contributed by atoms with Gasteiger partial charge < -0.3 is 10.2 Å². The van der Waals surface area contributed by atoms with E-state index < -0.39 is 0 Å². The van der Waals surface area contributed by atoms with Crippen LogP contribution in [0.2, 0.25) is 0 Å². The Kier molecular flexibility index (Phi) is 5.55. The molecular weight excluding hydrogens is 352 g/mol. The molecule has 1 aromatic carbocycles. The Bertz CT molecular complexity index is 816. The number of amides is 3. The Morgan fingerprint density at radius 3 is 2.57 bits per heavy atom. The number of hydrogen-bond acceptors (Lipinski definition) is 3. The Balaban J connectivity index is 1.31. The van der Waals surface area contributed by atoms with Gasteiger partial charge in [-0.25, -0.2) is 9.78 Å². The van der Waals surface area contributed by atoms with Gasteiger partial charge in [0, 0.05) is 25.6 Å². The minimum atomic E-state index is -0.0388. The van der Waals surface area contributed by atoms with Gasteiger partial charge in [-0.2, -0.15) is 0 Å². The summed E-state index contributed by atoms with van der Waals surface area (Å²) in [6.45, 7) is 1.44. The highest BCUT2D eigenvalue weighted by Crippen LogP contribution is 2.28. The number of urea groups is 1. The second kappa shape index (κ2) is 8.42. The van der Waals surface area contributed by atoms with E-state index in [0.29, 0.717) is 36.9 Å². The van der Waals surface area contributed by atoms with Crippen LogP contribution in [0, 0.1) is 0 Å². The minimum Gasteiger partial charge on any atom is -0.325 e. The summed E-state index contributed by atoms with van der Waals surface area (Å²) in [5, 5.41) is 2.88. The highest BCUT2D eigenvalue weighted by atomic mass is 16.2. The molecule has 1 aliphatic heterocycles. The second-order valence-corrected chi connectivity index (χ2v) is 7.50. The Labute approximate surface area is 165 Å². The minimum absolute atomic E-state index is 0.0388. The third-order valence-electron chi connectivity index (χ3n) is 5.60. The zero-order valence-electron chi connectivity index (χ0n) is 16.0. The molecule has 0 bridgehead atoms. The molecule has 0 unspecified atom stereocenters. The summed E-state index contributed by atoms with van der Waals surface area (Å²) in [5.41, 5.74) is 1.80. The predicted octanol–water partition coefficient (Wildman–Crippen LogP) is 3.84. The smallest absolute Gasteiger partial charge is 0.325 e. The highest BCUT2D eigenvalue weighted by molar-refractivity contribution is 5.94. The lowest BCUT2D eigenvalue weighted by Gasteiger charge is -2.23. The van der Waals surface area contributed by atoms with Crippen LogP contribution in [0.4, 0.5) is 16.3 Å². The van der Waals surface area contributed by atoms with Crippen LogP contribution >= 0.6 is 0 Å². The summed E-state index contributed by atoms with van der Waals surface area (Å²) >= 11 is 0. The number of nitrogens with zero attached hydrogens (tertiary/aromatic N) is 3. The van der Waals surface area contributed by atoms with Crippen LogP contribution in [0.1, 0.15) is 37.7 Å². The van der Waals surface area contributed by atoms with Crippen LogP contribution in [0.5, 0.6) is 0 Å². The van der Waals surface area contributed by atoms with Crippen LogP contribution in [0.25, 0.3) is 0 Å². The first-order chi connectivity index (χ1) is 13.7. The molecule has 6 nitrogen and oxygen atoms in total. The van der Waals surface area contributed by atoms with Gasteiger partial charge in [-0.05, 0) is 37.0 Å². The summed E-state index contributed by atoms with van der Waals surface area (Å²) in [4.78, 5) is 33.0. The van der Waals surface area contributed by atoms with E-state index in [4.69, 9.17) is 0 Å². The largest absolute Gasteiger partial charge is 0.326 e. The first-order valence-corrected chi connectivity index (χ1v) is 10.1. The van der Waals surface area contributed by atoms with Crippen molar-refractivity contribution in [2.45, 2.75) is 44.6 Å². The van der Waals surface area contributed by atoms with Gasteiger partial charge in [0.25, 0.3) is 0 Å². The van der Waals surface area contributed by atoms with Crippen molar-refractivity contribution in [3.8, 4) is 0 Å². The maximum atomic E-state index is 12.7. The van der Waals surface area contributed by atoms with Crippen LogP contribution in [-0.4, -0.2) is 41.0 Å². The van der Waals surface area contributed by atoms with Crippen molar-refractivity contribution < 1.29 is 9.59 Å². The molecule has 4 rings (SSSR count). The lowest BCUT2D eigenvalue weighted by Crippen LogP contribution is -2.38. The lowest BCUT2D eigenvalue weighted by atomic mass is 10.1. The quantitative estimate of drug-likeness (QED) is 0.831. The monoisotopic (exact) mass is 378 g/mol. The summed E-state index contributed by atoms with van der Waals surface area (Å²) < 4.78 is 0. The standard InChI is InChI=1S/C22H26N4O2/c27-21(13-10-17-6-2-1-3-7-17)24-18-11-12-20(23-16-18)26-15-14-25(22(26)28)19-8-4-5-9-19/h1-3,6-7,11-12,16,19H,4-5,8-10,13-15H2,(H,24,27). The molecule has 1 saturated carbocycles. The van der Waals surface area contributed by atoms with Gasteiger partial charge in [0.15, 0.2) is 0 Å². The van der Waals surface area contributed by atoms with Gasteiger partial charge in [0.05, 0.1) is 11.9 Å². The summed E-state index contributed by atoms with van der Waals surface area (Å²) in [6, 6.07) is 14.0. The zero-order valence-corrected chi connectivity index (χ0v) is 16.0. The third-order valence-corrected chi connectivity index (χ3v) is 5.60. The molecule has 2 aliphatic rings. The molecule has 1 aromatic heterocycles. The number of carbonyl (C=O) groups excluding carboxylic acids is 2. The van der Waals surface area contributed by atoms with Crippen LogP contribution in [0.3, 0.4) is 0 Å². The first-order valence-electron chi connectivity index (χ1n) is 10.1. The summed E-state index contributed by atoms with van der Waals surface area (Å²) in [7, 11) is 0. The van der Waals surface area contributed by atoms with Crippen LogP contribution in [-0.2, 0) is 11.2 Å². The third kappa shape index (κ3) is 4.16. The van der Waals surface area contributed by atoms with Crippen LogP contribution in [0.15, 0.2) is 48.7 Å². The molecule has 2 heterocycles. The van der Waals surface area contributed by atoms with E-state index in [1.54, 1.807) is 11.1 Å². The molecule has 1 saturated heterocycles. The summed E-state index contributed by atoms with van der Waals surface area (Å²) in [5.74, 6) is 0.607. The normalized spacial score (nSPS) is 17.4. The molecule has 3 amide bonds. The van der Waals surface area contributed by atoms with E-state index in [2.05, 4.69) is 10.3 Å². The number of rotatable bonds is 6. The number of benzene rings is 1. The van der Waals surface area contributed by atoms with Gasteiger partial charge >= 0.3 is 6.03 Å². The van der Waals surface area contributed by atoms with Gasteiger partial charge in [0.2, 0.25) is 5.91 Å². The summed E-state index contributed by atoms with van der Waals surface area (Å²) in [6.07, 6.45) is 7.41. The van der Waals surface area contributed by atoms with E-state index in [1.165, 1.54) is 12.8 Å². The fraction of sp³-hybridized carbons (Fsp3) is 0.409. The topological polar surface area (TPSA) is 65.5 Å². The fourth-order valence-electron chi connectivity index (χ4n) is 4.07. The van der Waals surface area contributed by atoms with Crippen molar-refractivity contribution in [3.05, 3.63) is 54.2 Å². The number of nitrogens with one attached hydrogen (secondary N) is 1. The molecule has 1 aliphatic carbocycles. The molecule has 146 valence electrons. The highest BCUT2D eigenvalue weighted by Gasteiger charge is 2.36. The number of carbonyl (C=O) groups is 2. The molecule has 0 radical (unpaired) electrons. The number of aromatic nitrogens is 1. The molecule has 2 aromatic rings. The van der Waals surface area contributed by atoms with E-state index in [0.717, 1.165) is 24.9 Å². The van der Waals surface area contributed by atoms with Crippen molar-refractivity contribution >= 4 is 23.4 Å². The lowest BCUT2D eigenvalue weighted by molar-refractivity contribution is -0.116. The Hall–Kier alpha value is -2.89. The number of anilines is 2. The van der Waals surface area contributed by atoms with Crippen LogP contribution < -0.4 is 10.2 Å². The molecular formula is C22H26N4O2. The van der Waals surface area contributed by atoms with Gasteiger partial charge in [-0.1, -0.05) is 43.2 Å². The number of aryl methyl sites for hydroxylation is 1. The number of pyridine rings is 1. The van der Waals surface area contributed by atoms with Crippen molar-refractivity contribution in [1.82, 2.24) is 9.88 Å². The fourth-order valence-corrected chi connectivity index (χ4v) is 4.07. The van der Waals surface area contributed by atoms with Crippen molar-refractivity contribution in [1.29, 1.82) is 0 Å². The molecule has 1 N–H and O–H groups in total. The predicted molar refractivity (Wildman–Crippen MR) is 109 cm³/mol. The van der Waals surface area contributed by atoms with E-state index in [1.807, 2.05) is 47.4 Å². The van der Waals surface area contributed by atoms with Crippen molar-refractivity contribution in [2.75, 3.05) is 23.3 Å².